The van der Waals surface area contributed by atoms with Crippen LogP contribution < -0.4 is 0 Å². The molecule has 6 nitrogen and oxygen atoms in total. The number of carbonyl (C=O) groups excluding carboxylic acids is 1. The van der Waals surface area contributed by atoms with Gasteiger partial charge in [0.2, 0.25) is 5.76 Å². The molecule has 1 fully saturated rings. The average Bonchev–Trinajstić information content (AvgIpc) is 2.86. The largest absolute Gasteiger partial charge is 0.438 e. The third-order valence-electron chi connectivity index (χ3n) is 3.52. The van der Waals surface area contributed by atoms with Gasteiger partial charge in [0.05, 0.1) is 17.8 Å². The van der Waals surface area contributed by atoms with Crippen LogP contribution in [0.15, 0.2) is 10.8 Å². The van der Waals surface area contributed by atoms with Crippen LogP contribution in [0.25, 0.3) is 0 Å². The van der Waals surface area contributed by atoms with Crippen molar-refractivity contribution in [2.75, 3.05) is 26.2 Å². The number of hydrogen-bond acceptors (Lipinski definition) is 5. The van der Waals surface area contributed by atoms with E-state index in [0.29, 0.717) is 24.5 Å². The molecule has 2 rings (SSSR count). The Morgan fingerprint density at radius 2 is 2.21 bits per heavy atom. The SMILES string of the molecule is CCC(C#N)N1CCN(C(=O)c2ocnc2C)CC1. The van der Waals surface area contributed by atoms with E-state index in [1.165, 1.54) is 6.39 Å². The van der Waals surface area contributed by atoms with Crippen LogP contribution in [0.3, 0.4) is 0 Å². The normalized spacial score (nSPS) is 18.1. The van der Waals surface area contributed by atoms with E-state index >= 15 is 0 Å². The molecule has 0 radical (unpaired) electrons. The Bertz CT molecular complexity index is 483. The van der Waals surface area contributed by atoms with Crippen molar-refractivity contribution in [1.82, 2.24) is 14.8 Å². The van der Waals surface area contributed by atoms with Crippen LogP contribution in [-0.2, 0) is 0 Å². The summed E-state index contributed by atoms with van der Waals surface area (Å²) in [5.41, 5.74) is 0.621. The first-order valence-corrected chi connectivity index (χ1v) is 6.50. The van der Waals surface area contributed by atoms with E-state index in [2.05, 4.69) is 16.0 Å². The van der Waals surface area contributed by atoms with Crippen molar-refractivity contribution < 1.29 is 9.21 Å². The lowest BCUT2D eigenvalue weighted by atomic mass is 10.1. The maximum atomic E-state index is 12.2. The van der Waals surface area contributed by atoms with E-state index in [9.17, 15) is 4.79 Å². The fourth-order valence-electron chi connectivity index (χ4n) is 2.32. The summed E-state index contributed by atoms with van der Waals surface area (Å²) in [5.74, 6) is 0.209. The summed E-state index contributed by atoms with van der Waals surface area (Å²) in [7, 11) is 0. The summed E-state index contributed by atoms with van der Waals surface area (Å²) < 4.78 is 5.13. The highest BCUT2D eigenvalue weighted by atomic mass is 16.3. The second-order valence-electron chi connectivity index (χ2n) is 4.65. The van der Waals surface area contributed by atoms with Gasteiger partial charge in [0.15, 0.2) is 6.39 Å². The quantitative estimate of drug-likeness (QED) is 0.813. The van der Waals surface area contributed by atoms with Crippen LogP contribution in [0.1, 0.15) is 29.6 Å². The average molecular weight is 262 g/mol. The van der Waals surface area contributed by atoms with Crippen LogP contribution in [0.5, 0.6) is 0 Å². The number of piperazine rings is 1. The topological polar surface area (TPSA) is 73.4 Å². The van der Waals surface area contributed by atoms with Gasteiger partial charge in [-0.1, -0.05) is 6.92 Å². The molecule has 1 aromatic rings. The van der Waals surface area contributed by atoms with E-state index in [4.69, 9.17) is 9.68 Å². The molecule has 1 aliphatic heterocycles. The van der Waals surface area contributed by atoms with E-state index in [0.717, 1.165) is 19.5 Å². The first kappa shape index (κ1) is 13.6. The van der Waals surface area contributed by atoms with E-state index in [1.807, 2.05) is 6.92 Å². The molecular weight excluding hydrogens is 244 g/mol. The lowest BCUT2D eigenvalue weighted by Crippen LogP contribution is -2.51. The van der Waals surface area contributed by atoms with Gasteiger partial charge in [0.1, 0.15) is 0 Å². The Morgan fingerprint density at radius 3 is 2.68 bits per heavy atom. The number of rotatable bonds is 3. The zero-order valence-electron chi connectivity index (χ0n) is 11.3. The minimum Gasteiger partial charge on any atom is -0.438 e. The van der Waals surface area contributed by atoms with Gasteiger partial charge >= 0.3 is 0 Å². The number of aromatic nitrogens is 1. The summed E-state index contributed by atoms with van der Waals surface area (Å²) in [6.07, 6.45) is 2.10. The van der Waals surface area contributed by atoms with E-state index in [1.54, 1.807) is 11.8 Å². The highest BCUT2D eigenvalue weighted by Gasteiger charge is 2.27. The van der Waals surface area contributed by atoms with Crippen LogP contribution in [0.2, 0.25) is 0 Å². The highest BCUT2D eigenvalue weighted by Crippen LogP contribution is 2.13. The van der Waals surface area contributed by atoms with Crippen molar-refractivity contribution in [1.29, 1.82) is 5.26 Å². The number of nitrogens with zero attached hydrogens (tertiary/aromatic N) is 4. The maximum absolute atomic E-state index is 12.2. The molecule has 19 heavy (non-hydrogen) atoms. The summed E-state index contributed by atoms with van der Waals surface area (Å²) >= 11 is 0. The Kier molecular flexibility index (Phi) is 4.17. The second kappa shape index (κ2) is 5.85. The van der Waals surface area contributed by atoms with Gasteiger partial charge in [-0.25, -0.2) is 4.98 Å². The third kappa shape index (κ3) is 2.76. The van der Waals surface area contributed by atoms with E-state index in [-0.39, 0.29) is 11.9 Å². The van der Waals surface area contributed by atoms with Crippen molar-refractivity contribution in [3.8, 4) is 6.07 Å². The number of amides is 1. The monoisotopic (exact) mass is 262 g/mol. The van der Waals surface area contributed by atoms with Crippen LogP contribution in [-0.4, -0.2) is 52.9 Å². The van der Waals surface area contributed by atoms with Crippen LogP contribution in [0.4, 0.5) is 0 Å². The highest BCUT2D eigenvalue weighted by molar-refractivity contribution is 5.92. The molecule has 2 heterocycles. The number of carbonyl (C=O) groups is 1. The first-order valence-electron chi connectivity index (χ1n) is 6.50. The molecule has 1 aromatic heterocycles. The van der Waals surface area contributed by atoms with Gasteiger partial charge in [0, 0.05) is 26.2 Å². The standard InChI is InChI=1S/C13H18N4O2/c1-3-11(8-14)16-4-6-17(7-5-16)13(18)12-10(2)15-9-19-12/h9,11H,3-7H2,1-2H3. The predicted octanol–water partition coefficient (Wildman–Crippen LogP) is 1.04. The molecule has 1 amide bonds. The molecule has 0 aliphatic carbocycles. The number of nitriles is 1. The minimum absolute atomic E-state index is 0.0516. The molecule has 0 spiro atoms. The Morgan fingerprint density at radius 1 is 1.53 bits per heavy atom. The minimum atomic E-state index is -0.111. The molecule has 0 aromatic carbocycles. The second-order valence-corrected chi connectivity index (χ2v) is 4.65. The van der Waals surface area contributed by atoms with E-state index < -0.39 is 0 Å². The number of oxazole rings is 1. The fraction of sp³-hybridized carbons (Fsp3) is 0.615. The van der Waals surface area contributed by atoms with Crippen molar-refractivity contribution in [2.24, 2.45) is 0 Å². The van der Waals surface area contributed by atoms with Gasteiger partial charge in [-0.3, -0.25) is 9.69 Å². The Hall–Kier alpha value is -1.87. The fourth-order valence-corrected chi connectivity index (χ4v) is 2.32. The number of hydrogen-bond donors (Lipinski definition) is 0. The Labute approximate surface area is 112 Å². The third-order valence-corrected chi connectivity index (χ3v) is 3.52. The zero-order chi connectivity index (χ0) is 13.8. The maximum Gasteiger partial charge on any atom is 0.291 e. The predicted molar refractivity (Wildman–Crippen MR) is 68.4 cm³/mol. The Balaban J connectivity index is 1.96. The lowest BCUT2D eigenvalue weighted by Gasteiger charge is -2.36. The summed E-state index contributed by atoms with van der Waals surface area (Å²) in [5, 5.41) is 9.04. The van der Waals surface area contributed by atoms with Crippen molar-refractivity contribution >= 4 is 5.91 Å². The summed E-state index contributed by atoms with van der Waals surface area (Å²) in [6, 6.07) is 2.24. The summed E-state index contributed by atoms with van der Waals surface area (Å²) in [4.78, 5) is 20.0. The molecule has 6 heteroatoms. The van der Waals surface area contributed by atoms with Crippen molar-refractivity contribution in [3.63, 3.8) is 0 Å². The molecular formula is C13H18N4O2. The molecule has 1 saturated heterocycles. The van der Waals surface area contributed by atoms with Crippen LogP contribution in [0, 0.1) is 18.3 Å². The molecule has 0 N–H and O–H groups in total. The molecule has 1 aliphatic rings. The molecule has 102 valence electrons. The smallest absolute Gasteiger partial charge is 0.291 e. The molecule has 1 atom stereocenters. The van der Waals surface area contributed by atoms with Gasteiger partial charge < -0.3 is 9.32 Å². The van der Waals surface area contributed by atoms with Gasteiger partial charge in [-0.15, -0.1) is 0 Å². The van der Waals surface area contributed by atoms with Crippen molar-refractivity contribution in [3.05, 3.63) is 17.8 Å². The van der Waals surface area contributed by atoms with Gasteiger partial charge in [-0.05, 0) is 13.3 Å². The lowest BCUT2D eigenvalue weighted by molar-refractivity contribution is 0.0574. The van der Waals surface area contributed by atoms with Crippen molar-refractivity contribution in [2.45, 2.75) is 26.3 Å². The zero-order valence-corrected chi connectivity index (χ0v) is 11.3. The molecule has 0 bridgehead atoms. The molecule has 0 saturated carbocycles. The number of aryl methyl sites for hydroxylation is 1. The van der Waals surface area contributed by atoms with Gasteiger partial charge in [0.25, 0.3) is 5.91 Å². The van der Waals surface area contributed by atoms with Gasteiger partial charge in [-0.2, -0.15) is 5.26 Å². The molecule has 1 unspecified atom stereocenters. The van der Waals surface area contributed by atoms with Crippen LogP contribution >= 0.6 is 0 Å². The first-order chi connectivity index (χ1) is 9.17. The summed E-state index contributed by atoms with van der Waals surface area (Å²) in [6.45, 7) is 6.46.